The van der Waals surface area contributed by atoms with E-state index in [0.29, 0.717) is 18.7 Å². The number of nitrogens with zero attached hydrogens (tertiary/aromatic N) is 1. The summed E-state index contributed by atoms with van der Waals surface area (Å²) in [7, 11) is -3.60. The van der Waals surface area contributed by atoms with Gasteiger partial charge in [0.2, 0.25) is 10.0 Å². The number of nitrogens with one attached hydrogen (secondary N) is 1. The fourth-order valence-corrected chi connectivity index (χ4v) is 4.51. The number of fused-ring (bicyclic) bond motifs is 1. The summed E-state index contributed by atoms with van der Waals surface area (Å²) in [6, 6.07) is 14.3. The minimum absolute atomic E-state index is 0.0766. The molecule has 0 bridgehead atoms. The van der Waals surface area contributed by atoms with Gasteiger partial charge in [-0.15, -0.1) is 0 Å². The van der Waals surface area contributed by atoms with Crippen molar-refractivity contribution in [1.29, 1.82) is 0 Å². The lowest BCUT2D eigenvalue weighted by Crippen LogP contribution is -2.40. The standard InChI is InChI=1S/C20H24N2O3S/c1-20(2,3)21-26(24,25)18-10-8-16(9-11-18)19(23)22-13-12-15-6-4-5-7-17(15)14-22/h4-11,21H,12-14H2,1-3H3. The predicted molar refractivity (Wildman–Crippen MR) is 101 cm³/mol. The predicted octanol–water partition coefficient (Wildman–Crippen LogP) is 2.96. The molecular weight excluding hydrogens is 348 g/mol. The van der Waals surface area contributed by atoms with Crippen LogP contribution in [0.25, 0.3) is 0 Å². The van der Waals surface area contributed by atoms with Gasteiger partial charge in [0.1, 0.15) is 0 Å². The van der Waals surface area contributed by atoms with Gasteiger partial charge in [0.05, 0.1) is 4.90 Å². The van der Waals surface area contributed by atoms with Gasteiger partial charge in [0, 0.05) is 24.2 Å². The van der Waals surface area contributed by atoms with Crippen molar-refractivity contribution in [3.8, 4) is 0 Å². The highest BCUT2D eigenvalue weighted by atomic mass is 32.2. The van der Waals surface area contributed by atoms with Crippen molar-refractivity contribution in [2.24, 2.45) is 0 Å². The van der Waals surface area contributed by atoms with Gasteiger partial charge in [-0.25, -0.2) is 13.1 Å². The van der Waals surface area contributed by atoms with E-state index in [0.717, 1.165) is 6.42 Å². The Morgan fingerprint density at radius 2 is 1.62 bits per heavy atom. The lowest BCUT2D eigenvalue weighted by Gasteiger charge is -2.29. The molecule has 0 saturated carbocycles. The first kappa shape index (κ1) is 18.6. The summed E-state index contributed by atoms with van der Waals surface area (Å²) >= 11 is 0. The monoisotopic (exact) mass is 372 g/mol. The molecule has 0 radical (unpaired) electrons. The zero-order valence-corrected chi connectivity index (χ0v) is 16.1. The normalized spacial score (nSPS) is 14.8. The molecule has 1 N–H and O–H groups in total. The summed E-state index contributed by atoms with van der Waals surface area (Å²) in [6.07, 6.45) is 0.837. The summed E-state index contributed by atoms with van der Waals surface area (Å²) in [6.45, 7) is 6.62. The average Bonchev–Trinajstić information content (AvgIpc) is 2.59. The second-order valence-corrected chi connectivity index (χ2v) is 9.31. The summed E-state index contributed by atoms with van der Waals surface area (Å²) in [5, 5.41) is 0. The van der Waals surface area contributed by atoms with Crippen LogP contribution in [0, 0.1) is 0 Å². The van der Waals surface area contributed by atoms with Crippen molar-refractivity contribution < 1.29 is 13.2 Å². The SMILES string of the molecule is CC(C)(C)NS(=O)(=O)c1ccc(C(=O)N2CCc3ccccc3C2)cc1. The maximum atomic E-state index is 12.8. The van der Waals surface area contributed by atoms with E-state index in [1.165, 1.54) is 23.3 Å². The zero-order chi connectivity index (χ0) is 18.9. The Morgan fingerprint density at radius 3 is 2.23 bits per heavy atom. The smallest absolute Gasteiger partial charge is 0.254 e. The molecule has 2 aromatic rings. The van der Waals surface area contributed by atoms with Gasteiger partial charge in [-0.1, -0.05) is 24.3 Å². The van der Waals surface area contributed by atoms with Gasteiger partial charge < -0.3 is 4.90 Å². The van der Waals surface area contributed by atoms with Crippen LogP contribution in [0.2, 0.25) is 0 Å². The van der Waals surface area contributed by atoms with Crippen LogP contribution in [0.3, 0.4) is 0 Å². The van der Waals surface area contributed by atoms with Crippen LogP contribution >= 0.6 is 0 Å². The van der Waals surface area contributed by atoms with Crippen LogP contribution in [-0.4, -0.2) is 31.3 Å². The minimum Gasteiger partial charge on any atom is -0.334 e. The molecular formula is C20H24N2O3S. The van der Waals surface area contributed by atoms with Gasteiger partial charge >= 0.3 is 0 Å². The molecule has 6 heteroatoms. The molecule has 138 valence electrons. The Hall–Kier alpha value is -2.18. The molecule has 3 rings (SSSR count). The molecule has 1 amide bonds. The number of carbonyl (C=O) groups is 1. The number of rotatable bonds is 3. The van der Waals surface area contributed by atoms with Gasteiger partial charge in [-0.3, -0.25) is 4.79 Å². The van der Waals surface area contributed by atoms with E-state index < -0.39 is 15.6 Å². The van der Waals surface area contributed by atoms with E-state index in [1.807, 2.05) is 18.2 Å². The third-order valence-corrected chi connectivity index (χ3v) is 6.04. The third kappa shape index (κ3) is 4.14. The van der Waals surface area contributed by atoms with E-state index in [9.17, 15) is 13.2 Å². The first-order valence-electron chi connectivity index (χ1n) is 8.66. The van der Waals surface area contributed by atoms with Gasteiger partial charge in [-0.05, 0) is 62.6 Å². The van der Waals surface area contributed by atoms with E-state index in [1.54, 1.807) is 37.8 Å². The first-order valence-corrected chi connectivity index (χ1v) is 10.1. The van der Waals surface area contributed by atoms with E-state index >= 15 is 0 Å². The molecule has 2 aromatic carbocycles. The van der Waals surface area contributed by atoms with E-state index in [-0.39, 0.29) is 10.8 Å². The average molecular weight is 372 g/mol. The summed E-state index contributed by atoms with van der Waals surface area (Å²) in [4.78, 5) is 14.7. The van der Waals surface area contributed by atoms with E-state index in [4.69, 9.17) is 0 Å². The molecule has 1 aliphatic rings. The fourth-order valence-electron chi connectivity index (χ4n) is 3.09. The van der Waals surface area contributed by atoms with Crippen molar-refractivity contribution in [2.45, 2.75) is 44.2 Å². The van der Waals surface area contributed by atoms with Gasteiger partial charge in [0.15, 0.2) is 0 Å². The Kier molecular flexibility index (Phi) is 4.90. The van der Waals surface area contributed by atoms with Crippen LogP contribution in [0.5, 0.6) is 0 Å². The van der Waals surface area contributed by atoms with E-state index in [2.05, 4.69) is 10.8 Å². The quantitative estimate of drug-likeness (QED) is 0.901. The molecule has 0 aromatic heterocycles. The number of hydrogen-bond donors (Lipinski definition) is 1. The third-order valence-electron chi connectivity index (χ3n) is 4.27. The highest BCUT2D eigenvalue weighted by molar-refractivity contribution is 7.89. The van der Waals surface area contributed by atoms with Crippen LogP contribution in [-0.2, 0) is 23.0 Å². The van der Waals surface area contributed by atoms with Crippen LogP contribution in [0.15, 0.2) is 53.4 Å². The Morgan fingerprint density at radius 1 is 1.00 bits per heavy atom. The number of hydrogen-bond acceptors (Lipinski definition) is 3. The summed E-state index contributed by atoms with van der Waals surface area (Å²) in [5.41, 5.74) is 2.39. The second kappa shape index (κ2) is 6.85. The number of amides is 1. The molecule has 0 fully saturated rings. The van der Waals surface area contributed by atoms with Crippen molar-refractivity contribution >= 4 is 15.9 Å². The number of benzene rings is 2. The minimum atomic E-state index is -3.60. The molecule has 0 spiro atoms. The molecule has 0 atom stereocenters. The largest absolute Gasteiger partial charge is 0.334 e. The maximum absolute atomic E-state index is 12.8. The van der Waals surface area contributed by atoms with Crippen molar-refractivity contribution in [3.05, 3.63) is 65.2 Å². The molecule has 26 heavy (non-hydrogen) atoms. The molecule has 5 nitrogen and oxygen atoms in total. The number of sulfonamides is 1. The van der Waals surface area contributed by atoms with Crippen LogP contribution in [0.1, 0.15) is 42.3 Å². The first-order chi connectivity index (χ1) is 12.2. The summed E-state index contributed by atoms with van der Waals surface area (Å²) in [5.74, 6) is -0.0766. The van der Waals surface area contributed by atoms with Crippen molar-refractivity contribution in [2.75, 3.05) is 6.54 Å². The van der Waals surface area contributed by atoms with Gasteiger partial charge in [0.25, 0.3) is 5.91 Å². The summed E-state index contributed by atoms with van der Waals surface area (Å²) < 4.78 is 27.3. The molecule has 1 heterocycles. The Bertz CT molecular complexity index is 913. The Labute approximate surface area is 155 Å². The maximum Gasteiger partial charge on any atom is 0.254 e. The van der Waals surface area contributed by atoms with Crippen LogP contribution in [0.4, 0.5) is 0 Å². The van der Waals surface area contributed by atoms with Gasteiger partial charge in [-0.2, -0.15) is 0 Å². The van der Waals surface area contributed by atoms with Crippen molar-refractivity contribution in [1.82, 2.24) is 9.62 Å². The number of carbonyl (C=O) groups excluding carboxylic acids is 1. The molecule has 1 aliphatic heterocycles. The van der Waals surface area contributed by atoms with Crippen LogP contribution < -0.4 is 4.72 Å². The van der Waals surface area contributed by atoms with Crippen molar-refractivity contribution in [3.63, 3.8) is 0 Å². The lowest BCUT2D eigenvalue weighted by molar-refractivity contribution is 0.0734. The second-order valence-electron chi connectivity index (χ2n) is 7.63. The highest BCUT2D eigenvalue weighted by Gasteiger charge is 2.24. The zero-order valence-electron chi connectivity index (χ0n) is 15.3. The lowest BCUT2D eigenvalue weighted by atomic mass is 9.99. The topological polar surface area (TPSA) is 66.5 Å². The Balaban J connectivity index is 1.76. The fraction of sp³-hybridized carbons (Fsp3) is 0.350. The molecule has 0 unspecified atom stereocenters. The molecule has 0 aliphatic carbocycles. The molecule has 0 saturated heterocycles. The highest BCUT2D eigenvalue weighted by Crippen LogP contribution is 2.21.